The lowest BCUT2D eigenvalue weighted by molar-refractivity contribution is -0.138. The first-order valence-electron chi connectivity index (χ1n) is 5.08. The van der Waals surface area contributed by atoms with Crippen LogP contribution in [-0.2, 0) is 0 Å². The molecule has 104 valence electrons. The molecule has 2 nitrogen and oxygen atoms in total. The maximum atomic E-state index is 12.3. The molecule has 0 unspecified atom stereocenters. The molecule has 0 bridgehead atoms. The lowest BCUT2D eigenvalue weighted by Crippen LogP contribution is -2.21. The van der Waals surface area contributed by atoms with Gasteiger partial charge >= 0.3 is 6.18 Å². The Balaban J connectivity index is 0.00000289. The normalized spacial score (nSPS) is 12.8. The number of alkyl halides is 3. The Labute approximate surface area is 118 Å². The fraction of sp³-hybridized carbons (Fsp3) is 0.455. The summed E-state index contributed by atoms with van der Waals surface area (Å²) < 4.78 is 42.8. The monoisotopic (exact) mass is 347 g/mol. The predicted molar refractivity (Wildman–Crippen MR) is 70.2 cm³/mol. The van der Waals surface area contributed by atoms with Gasteiger partial charge in [0.15, 0.2) is 0 Å². The standard InChI is InChI=1S/C11H13BrF3NO.ClH/c1-2-17-10-4-3-7(12)5-8(10)9(16)6-11(13,14)15;/h3-5,9H,2,6,16H2,1H3;1H/t9-;/m0./s1. The zero-order valence-electron chi connectivity index (χ0n) is 9.63. The van der Waals surface area contributed by atoms with Gasteiger partial charge in [-0.1, -0.05) is 15.9 Å². The summed E-state index contributed by atoms with van der Waals surface area (Å²) in [6, 6.07) is 3.75. The van der Waals surface area contributed by atoms with E-state index in [4.69, 9.17) is 10.5 Å². The summed E-state index contributed by atoms with van der Waals surface area (Å²) >= 11 is 3.20. The molecule has 1 aromatic rings. The Hall–Kier alpha value is -0.460. The Morgan fingerprint density at radius 3 is 2.50 bits per heavy atom. The van der Waals surface area contributed by atoms with Crippen molar-refractivity contribution in [3.8, 4) is 5.75 Å². The highest BCUT2D eigenvalue weighted by Crippen LogP contribution is 2.34. The second kappa shape index (κ2) is 7.21. The van der Waals surface area contributed by atoms with Crippen LogP contribution in [0.5, 0.6) is 5.75 Å². The Bertz CT molecular complexity index is 387. The van der Waals surface area contributed by atoms with Crippen LogP contribution in [0.15, 0.2) is 22.7 Å². The zero-order valence-corrected chi connectivity index (χ0v) is 12.0. The van der Waals surface area contributed by atoms with Gasteiger partial charge in [-0.3, -0.25) is 0 Å². The summed E-state index contributed by atoms with van der Waals surface area (Å²) in [5, 5.41) is 0. The third-order valence-corrected chi connectivity index (χ3v) is 2.62. The SMILES string of the molecule is CCOc1ccc(Br)cc1[C@@H](N)CC(F)(F)F.Cl. The van der Waals surface area contributed by atoms with Gasteiger partial charge < -0.3 is 10.5 Å². The van der Waals surface area contributed by atoms with E-state index in [1.54, 1.807) is 25.1 Å². The molecule has 0 aromatic heterocycles. The second-order valence-corrected chi connectivity index (χ2v) is 4.46. The molecule has 0 spiro atoms. The lowest BCUT2D eigenvalue weighted by Gasteiger charge is -2.18. The number of ether oxygens (including phenoxy) is 1. The molecule has 1 atom stereocenters. The van der Waals surface area contributed by atoms with E-state index in [1.807, 2.05) is 0 Å². The van der Waals surface area contributed by atoms with Crippen LogP contribution in [0, 0.1) is 0 Å². The quantitative estimate of drug-likeness (QED) is 0.884. The minimum Gasteiger partial charge on any atom is -0.494 e. The number of halogens is 5. The summed E-state index contributed by atoms with van der Waals surface area (Å²) in [5.74, 6) is 0.396. The fourth-order valence-electron chi connectivity index (χ4n) is 1.46. The van der Waals surface area contributed by atoms with E-state index in [1.165, 1.54) is 0 Å². The number of hydrogen-bond acceptors (Lipinski definition) is 2. The first-order chi connectivity index (χ1) is 7.83. The van der Waals surface area contributed by atoms with E-state index < -0.39 is 18.6 Å². The highest BCUT2D eigenvalue weighted by molar-refractivity contribution is 9.10. The van der Waals surface area contributed by atoms with E-state index in [9.17, 15) is 13.2 Å². The van der Waals surface area contributed by atoms with Gasteiger partial charge in [0, 0.05) is 16.1 Å². The first kappa shape index (κ1) is 17.5. The number of hydrogen-bond donors (Lipinski definition) is 1. The largest absolute Gasteiger partial charge is 0.494 e. The van der Waals surface area contributed by atoms with E-state index in [-0.39, 0.29) is 12.4 Å². The van der Waals surface area contributed by atoms with Gasteiger partial charge in [-0.25, -0.2) is 0 Å². The van der Waals surface area contributed by atoms with Crippen LogP contribution in [-0.4, -0.2) is 12.8 Å². The van der Waals surface area contributed by atoms with Crippen molar-refractivity contribution < 1.29 is 17.9 Å². The maximum Gasteiger partial charge on any atom is 0.390 e. The first-order valence-corrected chi connectivity index (χ1v) is 5.87. The van der Waals surface area contributed by atoms with Crippen LogP contribution in [0.3, 0.4) is 0 Å². The van der Waals surface area contributed by atoms with Gasteiger partial charge in [0.2, 0.25) is 0 Å². The molecule has 0 aliphatic rings. The molecule has 1 rings (SSSR count). The summed E-state index contributed by atoms with van der Waals surface area (Å²) in [7, 11) is 0. The van der Waals surface area contributed by atoms with Gasteiger partial charge in [-0.2, -0.15) is 13.2 Å². The van der Waals surface area contributed by atoms with Crippen LogP contribution in [0.25, 0.3) is 0 Å². The molecule has 0 saturated heterocycles. The Kier molecular flexibility index (Phi) is 7.02. The van der Waals surface area contributed by atoms with Crippen LogP contribution in [0.4, 0.5) is 13.2 Å². The molecule has 0 fully saturated rings. The van der Waals surface area contributed by atoms with E-state index in [0.717, 1.165) is 0 Å². The van der Waals surface area contributed by atoms with Crippen LogP contribution in [0.2, 0.25) is 0 Å². The van der Waals surface area contributed by atoms with E-state index >= 15 is 0 Å². The molecule has 0 saturated carbocycles. The summed E-state index contributed by atoms with van der Waals surface area (Å²) in [5.41, 5.74) is 5.92. The Morgan fingerprint density at radius 1 is 1.39 bits per heavy atom. The van der Waals surface area contributed by atoms with Crippen molar-refractivity contribution in [3.05, 3.63) is 28.2 Å². The van der Waals surface area contributed by atoms with Crippen molar-refractivity contribution in [1.82, 2.24) is 0 Å². The average Bonchev–Trinajstić information content (AvgIpc) is 2.18. The fourth-order valence-corrected chi connectivity index (χ4v) is 1.83. The van der Waals surface area contributed by atoms with Crippen molar-refractivity contribution in [2.24, 2.45) is 5.73 Å². The van der Waals surface area contributed by atoms with E-state index in [2.05, 4.69) is 15.9 Å². The van der Waals surface area contributed by atoms with Crippen LogP contribution in [0.1, 0.15) is 24.9 Å². The molecular formula is C11H14BrClF3NO. The van der Waals surface area contributed by atoms with Crippen molar-refractivity contribution >= 4 is 28.3 Å². The van der Waals surface area contributed by atoms with E-state index in [0.29, 0.717) is 22.4 Å². The second-order valence-electron chi connectivity index (χ2n) is 3.54. The van der Waals surface area contributed by atoms with Crippen molar-refractivity contribution in [2.45, 2.75) is 25.6 Å². The molecule has 1 aromatic carbocycles. The van der Waals surface area contributed by atoms with Crippen molar-refractivity contribution in [2.75, 3.05) is 6.61 Å². The van der Waals surface area contributed by atoms with Gasteiger partial charge in [-0.15, -0.1) is 12.4 Å². The lowest BCUT2D eigenvalue weighted by atomic mass is 10.0. The third kappa shape index (κ3) is 5.46. The van der Waals surface area contributed by atoms with Crippen molar-refractivity contribution in [1.29, 1.82) is 0 Å². The Morgan fingerprint density at radius 2 is 2.00 bits per heavy atom. The molecule has 18 heavy (non-hydrogen) atoms. The maximum absolute atomic E-state index is 12.3. The predicted octanol–water partition coefficient (Wildman–Crippen LogP) is 4.22. The zero-order chi connectivity index (χ0) is 13.1. The smallest absolute Gasteiger partial charge is 0.390 e. The van der Waals surface area contributed by atoms with Gasteiger partial charge in [0.25, 0.3) is 0 Å². The highest BCUT2D eigenvalue weighted by Gasteiger charge is 2.32. The third-order valence-electron chi connectivity index (χ3n) is 2.12. The van der Waals surface area contributed by atoms with Gasteiger partial charge in [0.05, 0.1) is 13.0 Å². The topological polar surface area (TPSA) is 35.2 Å². The number of benzene rings is 1. The molecule has 0 radical (unpaired) electrons. The van der Waals surface area contributed by atoms with Gasteiger partial charge in [-0.05, 0) is 25.1 Å². The minimum atomic E-state index is -4.29. The molecular weight excluding hydrogens is 334 g/mol. The highest BCUT2D eigenvalue weighted by atomic mass is 79.9. The summed E-state index contributed by atoms with van der Waals surface area (Å²) in [6.07, 6.45) is -5.35. The number of rotatable bonds is 4. The molecule has 0 aliphatic heterocycles. The summed E-state index contributed by atoms with van der Waals surface area (Å²) in [4.78, 5) is 0. The average molecular weight is 349 g/mol. The van der Waals surface area contributed by atoms with Gasteiger partial charge in [0.1, 0.15) is 5.75 Å². The molecule has 0 heterocycles. The van der Waals surface area contributed by atoms with Crippen LogP contribution < -0.4 is 10.5 Å². The van der Waals surface area contributed by atoms with Crippen LogP contribution >= 0.6 is 28.3 Å². The molecule has 0 aliphatic carbocycles. The molecule has 2 N–H and O–H groups in total. The summed E-state index contributed by atoms with van der Waals surface area (Å²) in [6.45, 7) is 2.15. The van der Waals surface area contributed by atoms with Crippen molar-refractivity contribution in [3.63, 3.8) is 0 Å². The molecule has 0 amide bonds. The molecule has 7 heteroatoms. The minimum absolute atomic E-state index is 0. The number of nitrogens with two attached hydrogens (primary N) is 1.